The number of carbonyl (C=O) groups is 1. The van der Waals surface area contributed by atoms with Crippen LogP contribution in [0.25, 0.3) is 11.0 Å². The average Bonchev–Trinajstić information content (AvgIpc) is 3.03. The average molecular weight is 320 g/mol. The summed E-state index contributed by atoms with van der Waals surface area (Å²) >= 11 is 0. The highest BCUT2D eigenvalue weighted by atomic mass is 16.3. The number of hydrogen-bond donors (Lipinski definition) is 2. The standard InChI is InChI=1S/C20H20N2O2/c1-13-6-7-18-15(10-13)11-19(24-18)20(23)22-12-17-16-5-3-2-4-14(16)8-9-21-17/h2-7,10-11,17,21H,8-9,12H2,1H3,(H,22,23). The van der Waals surface area contributed by atoms with Crippen molar-refractivity contribution in [2.45, 2.75) is 19.4 Å². The van der Waals surface area contributed by atoms with Crippen LogP contribution in [-0.2, 0) is 6.42 Å². The topological polar surface area (TPSA) is 54.3 Å². The Morgan fingerprint density at radius 2 is 2.12 bits per heavy atom. The molecule has 24 heavy (non-hydrogen) atoms. The molecule has 0 saturated carbocycles. The summed E-state index contributed by atoms with van der Waals surface area (Å²) in [5, 5.41) is 7.42. The monoisotopic (exact) mass is 320 g/mol. The van der Waals surface area contributed by atoms with Crippen molar-refractivity contribution in [3.63, 3.8) is 0 Å². The molecule has 0 radical (unpaired) electrons. The Morgan fingerprint density at radius 3 is 3.04 bits per heavy atom. The smallest absolute Gasteiger partial charge is 0.287 e. The summed E-state index contributed by atoms with van der Waals surface area (Å²) in [7, 11) is 0. The minimum absolute atomic E-state index is 0.144. The molecule has 2 N–H and O–H groups in total. The predicted octanol–water partition coefficient (Wildman–Crippen LogP) is 3.36. The molecule has 2 heterocycles. The first-order chi connectivity index (χ1) is 11.7. The first kappa shape index (κ1) is 15.0. The van der Waals surface area contributed by atoms with Crippen LogP contribution in [0.3, 0.4) is 0 Å². The highest BCUT2D eigenvalue weighted by Gasteiger charge is 2.20. The zero-order chi connectivity index (χ0) is 16.5. The van der Waals surface area contributed by atoms with Gasteiger partial charge in [0, 0.05) is 18.0 Å². The van der Waals surface area contributed by atoms with Crippen LogP contribution in [0.1, 0.15) is 33.3 Å². The number of nitrogens with one attached hydrogen (secondary N) is 2. The minimum Gasteiger partial charge on any atom is -0.451 e. The highest BCUT2D eigenvalue weighted by Crippen LogP contribution is 2.23. The molecule has 1 aromatic heterocycles. The van der Waals surface area contributed by atoms with Crippen molar-refractivity contribution in [3.05, 3.63) is 71.0 Å². The lowest BCUT2D eigenvalue weighted by Gasteiger charge is -2.26. The summed E-state index contributed by atoms with van der Waals surface area (Å²) in [5.41, 5.74) is 4.52. The number of carbonyl (C=O) groups excluding carboxylic acids is 1. The van der Waals surface area contributed by atoms with Gasteiger partial charge in [0.2, 0.25) is 0 Å². The van der Waals surface area contributed by atoms with Crippen molar-refractivity contribution in [3.8, 4) is 0 Å². The number of hydrogen-bond acceptors (Lipinski definition) is 3. The highest BCUT2D eigenvalue weighted by molar-refractivity contribution is 5.96. The molecule has 0 aliphatic carbocycles. The van der Waals surface area contributed by atoms with E-state index >= 15 is 0 Å². The van der Waals surface area contributed by atoms with E-state index in [1.54, 1.807) is 6.07 Å². The Labute approximate surface area is 140 Å². The second-order valence-electron chi connectivity index (χ2n) is 6.32. The second-order valence-corrected chi connectivity index (χ2v) is 6.32. The molecule has 1 unspecified atom stereocenters. The van der Waals surface area contributed by atoms with Crippen LogP contribution in [0.15, 0.2) is 52.9 Å². The van der Waals surface area contributed by atoms with E-state index in [2.05, 4.69) is 28.8 Å². The fourth-order valence-corrected chi connectivity index (χ4v) is 3.33. The van der Waals surface area contributed by atoms with E-state index < -0.39 is 0 Å². The zero-order valence-electron chi connectivity index (χ0n) is 13.6. The summed E-state index contributed by atoms with van der Waals surface area (Å²) < 4.78 is 5.66. The van der Waals surface area contributed by atoms with Crippen molar-refractivity contribution >= 4 is 16.9 Å². The molecule has 0 bridgehead atoms. The Bertz CT molecular complexity index is 898. The molecular formula is C20H20N2O2. The quantitative estimate of drug-likeness (QED) is 0.778. The Hall–Kier alpha value is -2.59. The Kier molecular flexibility index (Phi) is 3.82. The molecule has 1 amide bonds. The lowest BCUT2D eigenvalue weighted by atomic mass is 9.94. The maximum atomic E-state index is 12.4. The summed E-state index contributed by atoms with van der Waals surface area (Å²) in [6.07, 6.45) is 1.03. The maximum absolute atomic E-state index is 12.4. The van der Waals surface area contributed by atoms with Gasteiger partial charge in [-0.05, 0) is 49.2 Å². The van der Waals surface area contributed by atoms with Gasteiger partial charge in [-0.2, -0.15) is 0 Å². The van der Waals surface area contributed by atoms with Gasteiger partial charge < -0.3 is 15.1 Å². The first-order valence-corrected chi connectivity index (χ1v) is 8.30. The molecule has 0 saturated heterocycles. The molecule has 2 aromatic carbocycles. The number of rotatable bonds is 3. The van der Waals surface area contributed by atoms with Crippen LogP contribution in [0.4, 0.5) is 0 Å². The summed E-state index contributed by atoms with van der Waals surface area (Å²) in [6, 6.07) is 16.3. The molecule has 4 nitrogen and oxygen atoms in total. The van der Waals surface area contributed by atoms with Crippen LogP contribution >= 0.6 is 0 Å². The molecule has 1 aliphatic rings. The van der Waals surface area contributed by atoms with E-state index in [0.29, 0.717) is 12.3 Å². The van der Waals surface area contributed by atoms with Crippen molar-refractivity contribution in [1.82, 2.24) is 10.6 Å². The molecule has 122 valence electrons. The third kappa shape index (κ3) is 2.81. The van der Waals surface area contributed by atoms with Crippen LogP contribution in [-0.4, -0.2) is 19.0 Å². The molecule has 4 heteroatoms. The molecule has 1 aliphatic heterocycles. The van der Waals surface area contributed by atoms with E-state index in [9.17, 15) is 4.79 Å². The van der Waals surface area contributed by atoms with Gasteiger partial charge in [-0.3, -0.25) is 4.79 Å². The number of furan rings is 1. The fourth-order valence-electron chi connectivity index (χ4n) is 3.33. The van der Waals surface area contributed by atoms with Gasteiger partial charge in [-0.1, -0.05) is 35.9 Å². The van der Waals surface area contributed by atoms with E-state index in [1.807, 2.05) is 31.2 Å². The lowest BCUT2D eigenvalue weighted by Crippen LogP contribution is -2.38. The SMILES string of the molecule is Cc1ccc2oc(C(=O)NCC3NCCc4ccccc43)cc2c1. The van der Waals surface area contributed by atoms with Crippen molar-refractivity contribution in [1.29, 1.82) is 0 Å². The molecule has 1 atom stereocenters. The van der Waals surface area contributed by atoms with Crippen LogP contribution in [0.5, 0.6) is 0 Å². The van der Waals surface area contributed by atoms with E-state index in [0.717, 1.165) is 29.5 Å². The van der Waals surface area contributed by atoms with E-state index in [4.69, 9.17) is 4.42 Å². The first-order valence-electron chi connectivity index (χ1n) is 8.30. The summed E-state index contributed by atoms with van der Waals surface area (Å²) in [6.45, 7) is 3.51. The van der Waals surface area contributed by atoms with Crippen molar-refractivity contribution < 1.29 is 9.21 Å². The number of fused-ring (bicyclic) bond motifs is 2. The summed E-state index contributed by atoms with van der Waals surface area (Å²) in [4.78, 5) is 12.4. The second kappa shape index (κ2) is 6.13. The Balaban J connectivity index is 1.48. The van der Waals surface area contributed by atoms with Crippen LogP contribution in [0, 0.1) is 6.92 Å². The van der Waals surface area contributed by atoms with Gasteiger partial charge in [-0.15, -0.1) is 0 Å². The van der Waals surface area contributed by atoms with Gasteiger partial charge in [0.05, 0.1) is 0 Å². The largest absolute Gasteiger partial charge is 0.451 e. The number of aryl methyl sites for hydroxylation is 1. The normalized spacial score (nSPS) is 16.8. The van der Waals surface area contributed by atoms with Gasteiger partial charge in [0.1, 0.15) is 5.58 Å². The molecular weight excluding hydrogens is 300 g/mol. The maximum Gasteiger partial charge on any atom is 0.287 e. The summed E-state index contributed by atoms with van der Waals surface area (Å²) in [5.74, 6) is 0.188. The third-order valence-electron chi connectivity index (χ3n) is 4.58. The van der Waals surface area contributed by atoms with Crippen LogP contribution < -0.4 is 10.6 Å². The fraction of sp³-hybridized carbons (Fsp3) is 0.250. The van der Waals surface area contributed by atoms with Gasteiger partial charge >= 0.3 is 0 Å². The molecule has 4 rings (SSSR count). The van der Waals surface area contributed by atoms with Crippen LogP contribution in [0.2, 0.25) is 0 Å². The van der Waals surface area contributed by atoms with E-state index in [-0.39, 0.29) is 11.9 Å². The van der Waals surface area contributed by atoms with E-state index in [1.165, 1.54) is 11.1 Å². The van der Waals surface area contributed by atoms with Gasteiger partial charge in [0.15, 0.2) is 5.76 Å². The van der Waals surface area contributed by atoms with Crippen molar-refractivity contribution in [2.24, 2.45) is 0 Å². The van der Waals surface area contributed by atoms with Crippen molar-refractivity contribution in [2.75, 3.05) is 13.1 Å². The number of amides is 1. The minimum atomic E-state index is -0.172. The molecule has 0 fully saturated rings. The molecule has 3 aromatic rings. The zero-order valence-corrected chi connectivity index (χ0v) is 13.6. The predicted molar refractivity (Wildman–Crippen MR) is 94.2 cm³/mol. The molecule has 0 spiro atoms. The third-order valence-corrected chi connectivity index (χ3v) is 4.58. The van der Waals surface area contributed by atoms with Gasteiger partial charge in [0.25, 0.3) is 5.91 Å². The lowest BCUT2D eigenvalue weighted by molar-refractivity contribution is 0.0923. The Morgan fingerprint density at radius 1 is 1.25 bits per heavy atom. The number of benzene rings is 2. The van der Waals surface area contributed by atoms with Gasteiger partial charge in [-0.25, -0.2) is 0 Å².